The van der Waals surface area contributed by atoms with Gasteiger partial charge in [-0.1, -0.05) is 42.5 Å². The number of hydrogen-bond donors (Lipinski definition) is 3. The van der Waals surface area contributed by atoms with Gasteiger partial charge in [0.05, 0.1) is 17.9 Å². The number of carbonyl (C=O) groups excluding carboxylic acids is 1. The molecule has 3 N–H and O–H groups in total. The number of para-hydroxylation sites is 1. The van der Waals surface area contributed by atoms with Gasteiger partial charge < -0.3 is 15.2 Å². The van der Waals surface area contributed by atoms with Crippen molar-refractivity contribution in [1.29, 1.82) is 0 Å². The molecule has 0 radical (unpaired) electrons. The number of nitrogens with one attached hydrogen (secondary N) is 2. The average molecular weight is 598 g/mol. The number of rotatable bonds is 9. The third-order valence-electron chi connectivity index (χ3n) is 6.60. The summed E-state index contributed by atoms with van der Waals surface area (Å²) in [6, 6.07) is 17.2. The maximum atomic E-state index is 15.0. The minimum Gasteiger partial charge on any atom is -0.406 e. The third kappa shape index (κ3) is 6.98. The van der Waals surface area contributed by atoms with E-state index in [0.29, 0.717) is 28.3 Å². The van der Waals surface area contributed by atoms with Crippen molar-refractivity contribution >= 4 is 17.6 Å². The number of aliphatic hydroxyl groups is 1. The van der Waals surface area contributed by atoms with E-state index in [-0.39, 0.29) is 30.7 Å². The van der Waals surface area contributed by atoms with Crippen molar-refractivity contribution in [2.24, 2.45) is 4.99 Å². The number of aliphatic imine (C=N–C) groups is 1. The van der Waals surface area contributed by atoms with E-state index in [4.69, 9.17) is 0 Å². The van der Waals surface area contributed by atoms with Crippen molar-refractivity contribution in [3.05, 3.63) is 89.7 Å². The predicted octanol–water partition coefficient (Wildman–Crippen LogP) is 4.32. The van der Waals surface area contributed by atoms with Crippen molar-refractivity contribution in [3.63, 3.8) is 0 Å². The molecule has 5 rings (SSSR count). The highest BCUT2D eigenvalue weighted by molar-refractivity contribution is 6.22. The highest BCUT2D eigenvalue weighted by Crippen LogP contribution is 2.27. The quantitative estimate of drug-likeness (QED) is 0.194. The molecule has 2 atom stereocenters. The Labute approximate surface area is 243 Å². The summed E-state index contributed by atoms with van der Waals surface area (Å²) in [6.45, 7) is 3.52. The first-order valence-electron chi connectivity index (χ1n) is 13.1. The molecular formula is C29H27F4N7O3. The number of aliphatic hydroxyl groups excluding tert-OH is 1. The topological polar surface area (TPSA) is 117 Å². The molecule has 1 aliphatic heterocycles. The highest BCUT2D eigenvalue weighted by Gasteiger charge is 2.32. The second-order valence-corrected chi connectivity index (χ2v) is 9.70. The molecule has 1 aromatic heterocycles. The fraction of sp³-hybridized carbons (Fsp3) is 0.241. The van der Waals surface area contributed by atoms with Crippen LogP contribution in [-0.4, -0.2) is 57.5 Å². The predicted molar refractivity (Wildman–Crippen MR) is 150 cm³/mol. The molecule has 0 saturated carbocycles. The lowest BCUT2D eigenvalue weighted by Gasteiger charge is -2.21. The second kappa shape index (κ2) is 12.2. The summed E-state index contributed by atoms with van der Waals surface area (Å²) < 4.78 is 57.4. The van der Waals surface area contributed by atoms with Crippen LogP contribution in [0.2, 0.25) is 0 Å². The van der Waals surface area contributed by atoms with Gasteiger partial charge in [-0.3, -0.25) is 10.1 Å². The second-order valence-electron chi connectivity index (χ2n) is 9.70. The van der Waals surface area contributed by atoms with Crippen molar-refractivity contribution in [2.45, 2.75) is 32.7 Å². The number of aromatic nitrogens is 3. The van der Waals surface area contributed by atoms with Crippen molar-refractivity contribution < 1.29 is 32.2 Å². The molecule has 10 nitrogen and oxygen atoms in total. The normalized spacial score (nSPS) is 15.9. The summed E-state index contributed by atoms with van der Waals surface area (Å²) in [5, 5.41) is 20.3. The molecule has 224 valence electrons. The first-order chi connectivity index (χ1) is 20.5. The van der Waals surface area contributed by atoms with Gasteiger partial charge in [-0.2, -0.15) is 0 Å². The minimum absolute atomic E-state index is 0.0215. The Morgan fingerprint density at radius 2 is 1.74 bits per heavy atom. The largest absolute Gasteiger partial charge is 0.573 e. The number of hydrogen-bond acceptors (Lipinski definition) is 7. The first kappa shape index (κ1) is 29.7. The third-order valence-corrected chi connectivity index (χ3v) is 6.60. The summed E-state index contributed by atoms with van der Waals surface area (Å²) >= 11 is 0. The Balaban J connectivity index is 1.19. The fourth-order valence-electron chi connectivity index (χ4n) is 4.57. The summed E-state index contributed by atoms with van der Waals surface area (Å²) in [7, 11) is 0. The van der Waals surface area contributed by atoms with Crippen LogP contribution in [0.5, 0.6) is 5.75 Å². The van der Waals surface area contributed by atoms with Gasteiger partial charge in [0.25, 0.3) is 5.91 Å². The molecule has 4 aromatic rings. The number of anilines is 1. The fourth-order valence-corrected chi connectivity index (χ4v) is 4.57. The Hall–Kier alpha value is -4.82. The monoisotopic (exact) mass is 597 g/mol. The summed E-state index contributed by atoms with van der Waals surface area (Å²) in [5.74, 6) is -0.0831. The van der Waals surface area contributed by atoms with E-state index >= 15 is 0 Å². The van der Waals surface area contributed by atoms with Gasteiger partial charge in [0, 0.05) is 12.1 Å². The van der Waals surface area contributed by atoms with E-state index in [1.807, 2.05) is 32.0 Å². The maximum Gasteiger partial charge on any atom is 0.573 e. The number of benzene rings is 3. The Morgan fingerprint density at radius 3 is 2.40 bits per heavy atom. The lowest BCUT2D eigenvalue weighted by atomic mass is 10.1. The molecular weight excluding hydrogens is 570 g/mol. The smallest absolute Gasteiger partial charge is 0.406 e. The molecule has 3 aromatic carbocycles. The standard InChI is InChI=1S/C29H27F4N7O3/c1-17-4-3-5-18(2)25(17)40-24(41)15-34-27(40)37-28(42)35-14-23(30)19-6-8-20(9-7-19)26-36-16-39(38-26)21-10-12-22(13-11-21)43-29(31,32)33/h3-13,16,23,28,35,42H,14-15H2,1-2H3,(H,34,37). The minimum atomic E-state index is -4.78. The van der Waals surface area contributed by atoms with Crippen LogP contribution < -0.4 is 20.3 Å². The van der Waals surface area contributed by atoms with E-state index in [1.165, 1.54) is 40.2 Å². The number of guanidine groups is 1. The number of carbonyl (C=O) groups is 1. The number of aryl methyl sites for hydroxylation is 2. The molecule has 1 amide bonds. The van der Waals surface area contributed by atoms with E-state index < -0.39 is 18.9 Å². The zero-order chi connectivity index (χ0) is 30.7. The van der Waals surface area contributed by atoms with E-state index in [9.17, 15) is 27.5 Å². The number of halogens is 4. The Kier molecular flexibility index (Phi) is 8.41. The van der Waals surface area contributed by atoms with Crippen molar-refractivity contribution in [1.82, 2.24) is 25.4 Å². The van der Waals surface area contributed by atoms with Crippen LogP contribution in [0.3, 0.4) is 0 Å². The van der Waals surface area contributed by atoms with Crippen molar-refractivity contribution in [2.75, 3.05) is 18.0 Å². The van der Waals surface area contributed by atoms with Gasteiger partial charge in [-0.15, -0.1) is 18.3 Å². The first-order valence-corrected chi connectivity index (χ1v) is 13.1. The van der Waals surface area contributed by atoms with Gasteiger partial charge in [-0.05, 0) is 54.8 Å². The van der Waals surface area contributed by atoms with Crippen LogP contribution in [0, 0.1) is 13.8 Å². The molecule has 2 heterocycles. The maximum absolute atomic E-state index is 15.0. The lowest BCUT2D eigenvalue weighted by molar-refractivity contribution is -0.274. The van der Waals surface area contributed by atoms with Gasteiger partial charge in [-0.25, -0.2) is 23.9 Å². The number of nitrogens with zero attached hydrogens (tertiary/aromatic N) is 5. The van der Waals surface area contributed by atoms with E-state index in [1.54, 1.807) is 24.3 Å². The molecule has 0 spiro atoms. The SMILES string of the molecule is Cc1cccc(C)c1N1C(=O)CN/C1=N\C(O)NCC(F)c1ccc(-c2ncn(-c3ccc(OC(F)(F)F)cc3)n2)cc1. The van der Waals surface area contributed by atoms with Crippen LogP contribution in [-0.2, 0) is 4.79 Å². The van der Waals surface area contributed by atoms with Crippen LogP contribution in [0.4, 0.5) is 23.2 Å². The molecule has 0 aliphatic carbocycles. The summed E-state index contributed by atoms with van der Waals surface area (Å²) in [4.78, 5) is 22.3. The van der Waals surface area contributed by atoms with Gasteiger partial charge in [0.15, 0.2) is 5.82 Å². The highest BCUT2D eigenvalue weighted by atomic mass is 19.4. The number of alkyl halides is 4. The van der Waals surface area contributed by atoms with Crippen LogP contribution in [0.15, 0.2) is 78.0 Å². The lowest BCUT2D eigenvalue weighted by Crippen LogP contribution is -2.38. The Bertz CT molecular complexity index is 1600. The Morgan fingerprint density at radius 1 is 1.07 bits per heavy atom. The molecule has 2 unspecified atom stereocenters. The average Bonchev–Trinajstić information content (AvgIpc) is 3.59. The zero-order valence-corrected chi connectivity index (χ0v) is 23.0. The van der Waals surface area contributed by atoms with Crippen LogP contribution >= 0.6 is 0 Å². The molecule has 1 fully saturated rings. The summed E-state index contributed by atoms with van der Waals surface area (Å²) in [5.41, 5.74) is 3.82. The molecule has 0 bridgehead atoms. The van der Waals surface area contributed by atoms with Gasteiger partial charge in [0.1, 0.15) is 18.2 Å². The molecule has 14 heteroatoms. The number of ether oxygens (including phenoxy) is 1. The van der Waals surface area contributed by atoms with Gasteiger partial charge >= 0.3 is 6.36 Å². The number of amides is 1. The van der Waals surface area contributed by atoms with Gasteiger partial charge in [0.2, 0.25) is 12.3 Å². The van der Waals surface area contributed by atoms with E-state index in [0.717, 1.165) is 11.1 Å². The molecule has 43 heavy (non-hydrogen) atoms. The van der Waals surface area contributed by atoms with E-state index in [2.05, 4.69) is 30.4 Å². The zero-order valence-electron chi connectivity index (χ0n) is 23.0. The summed E-state index contributed by atoms with van der Waals surface area (Å²) in [6.07, 6.45) is -6.34. The molecule has 1 aliphatic rings. The van der Waals surface area contributed by atoms with Crippen LogP contribution in [0.25, 0.3) is 17.1 Å². The van der Waals surface area contributed by atoms with Crippen LogP contribution in [0.1, 0.15) is 22.9 Å². The van der Waals surface area contributed by atoms with Crippen molar-refractivity contribution in [3.8, 4) is 22.8 Å². The molecule has 1 saturated heterocycles.